The maximum absolute atomic E-state index is 10.6. The summed E-state index contributed by atoms with van der Waals surface area (Å²) >= 11 is 0. The van der Waals surface area contributed by atoms with E-state index in [4.69, 9.17) is 4.74 Å². The number of aliphatic hydroxyl groups is 1. The number of nitrogens with one attached hydrogen (secondary N) is 1. The number of ether oxygens (including phenoxy) is 1. The Kier molecular flexibility index (Phi) is 6.28. The minimum absolute atomic E-state index is 0.102. The first-order valence-corrected chi connectivity index (χ1v) is 7.81. The van der Waals surface area contributed by atoms with E-state index in [0.29, 0.717) is 12.6 Å². The molecule has 0 aliphatic heterocycles. The van der Waals surface area contributed by atoms with Crippen LogP contribution >= 0.6 is 0 Å². The summed E-state index contributed by atoms with van der Waals surface area (Å²) < 4.78 is 5.45. The average Bonchev–Trinajstić information content (AvgIpc) is 2.37. The number of hydrogen-bond acceptors (Lipinski definition) is 3. The Morgan fingerprint density at radius 2 is 1.95 bits per heavy atom. The van der Waals surface area contributed by atoms with E-state index in [1.807, 2.05) is 0 Å². The molecule has 1 atom stereocenters. The third-order valence-electron chi connectivity index (χ3n) is 4.74. The van der Waals surface area contributed by atoms with Gasteiger partial charge >= 0.3 is 0 Å². The Morgan fingerprint density at radius 3 is 2.42 bits per heavy atom. The van der Waals surface area contributed by atoms with Gasteiger partial charge in [-0.1, -0.05) is 13.3 Å². The van der Waals surface area contributed by atoms with E-state index < -0.39 is 5.60 Å². The maximum Gasteiger partial charge on any atom is 0.0771 e. The topological polar surface area (TPSA) is 41.5 Å². The maximum atomic E-state index is 10.6. The summed E-state index contributed by atoms with van der Waals surface area (Å²) in [6.45, 7) is 9.34. The first-order chi connectivity index (χ1) is 8.80. The predicted octanol–water partition coefficient (Wildman–Crippen LogP) is 3.11. The molecule has 0 amide bonds. The second-order valence-electron chi connectivity index (χ2n) is 7.03. The summed E-state index contributed by atoms with van der Waals surface area (Å²) in [4.78, 5) is 0. The fourth-order valence-corrected chi connectivity index (χ4v) is 3.06. The van der Waals surface area contributed by atoms with Gasteiger partial charge in [0.05, 0.1) is 11.2 Å². The lowest BCUT2D eigenvalue weighted by atomic mass is 9.77. The number of methoxy groups -OCH3 is 1. The van der Waals surface area contributed by atoms with Gasteiger partial charge in [0.1, 0.15) is 0 Å². The van der Waals surface area contributed by atoms with Crippen molar-refractivity contribution in [2.45, 2.75) is 83.5 Å². The summed E-state index contributed by atoms with van der Waals surface area (Å²) in [5.74, 6) is 0.824. The minimum Gasteiger partial charge on any atom is -0.389 e. The molecule has 3 nitrogen and oxygen atoms in total. The molecule has 1 fully saturated rings. The van der Waals surface area contributed by atoms with Gasteiger partial charge in [0.2, 0.25) is 0 Å². The Bertz CT molecular complexity index is 257. The summed E-state index contributed by atoms with van der Waals surface area (Å²) in [7, 11) is 1.76. The zero-order valence-corrected chi connectivity index (χ0v) is 13.5. The van der Waals surface area contributed by atoms with Gasteiger partial charge < -0.3 is 15.2 Å². The molecule has 2 N–H and O–H groups in total. The van der Waals surface area contributed by atoms with Crippen LogP contribution in [0, 0.1) is 5.92 Å². The Hall–Kier alpha value is -0.120. The molecule has 3 heteroatoms. The van der Waals surface area contributed by atoms with Gasteiger partial charge in [-0.05, 0) is 58.8 Å². The second-order valence-corrected chi connectivity index (χ2v) is 7.03. The normalized spacial score (nSPS) is 30.3. The molecule has 114 valence electrons. The highest BCUT2D eigenvalue weighted by atomic mass is 16.5. The van der Waals surface area contributed by atoms with Crippen LogP contribution in [0.5, 0.6) is 0 Å². The van der Waals surface area contributed by atoms with Gasteiger partial charge in [-0.15, -0.1) is 0 Å². The van der Waals surface area contributed by atoms with Crippen molar-refractivity contribution in [3.63, 3.8) is 0 Å². The lowest BCUT2D eigenvalue weighted by Gasteiger charge is -2.37. The largest absolute Gasteiger partial charge is 0.389 e. The molecule has 0 spiro atoms. The van der Waals surface area contributed by atoms with Crippen molar-refractivity contribution in [2.75, 3.05) is 13.7 Å². The van der Waals surface area contributed by atoms with E-state index in [2.05, 4.69) is 33.0 Å². The van der Waals surface area contributed by atoms with Crippen LogP contribution in [0.3, 0.4) is 0 Å². The van der Waals surface area contributed by atoms with Crippen molar-refractivity contribution in [3.05, 3.63) is 0 Å². The third kappa shape index (κ3) is 5.80. The highest BCUT2D eigenvalue weighted by molar-refractivity contribution is 4.88. The molecule has 1 unspecified atom stereocenters. The number of hydrogen-bond donors (Lipinski definition) is 2. The van der Waals surface area contributed by atoms with E-state index >= 15 is 0 Å². The summed E-state index contributed by atoms with van der Waals surface area (Å²) in [6, 6.07) is 0.364. The number of rotatable bonds is 7. The molecule has 1 aliphatic rings. The highest BCUT2D eigenvalue weighted by Crippen LogP contribution is 2.33. The first-order valence-electron chi connectivity index (χ1n) is 7.81. The predicted molar refractivity (Wildman–Crippen MR) is 80.4 cm³/mol. The summed E-state index contributed by atoms with van der Waals surface area (Å²) in [6.07, 6.45) is 6.44. The molecular formula is C16H33NO2. The standard InChI is InChI=1S/C16H33NO2/c1-6-14-7-9-16(18,10-8-14)12-17-13(2)11-15(3,4)19-5/h13-14,17-18H,6-12H2,1-5H3. The Morgan fingerprint density at radius 1 is 1.37 bits per heavy atom. The van der Waals surface area contributed by atoms with E-state index in [0.717, 1.165) is 25.2 Å². The first kappa shape index (κ1) is 16.9. The van der Waals surface area contributed by atoms with Crippen LogP contribution in [0.2, 0.25) is 0 Å². The molecule has 1 saturated carbocycles. The van der Waals surface area contributed by atoms with Crippen molar-refractivity contribution in [2.24, 2.45) is 5.92 Å². The third-order valence-corrected chi connectivity index (χ3v) is 4.74. The molecule has 0 heterocycles. The molecule has 1 aliphatic carbocycles. The zero-order chi connectivity index (χ0) is 14.5. The van der Waals surface area contributed by atoms with Crippen LogP contribution in [0.25, 0.3) is 0 Å². The Labute approximate surface area is 119 Å². The second kappa shape index (κ2) is 7.05. The van der Waals surface area contributed by atoms with Gasteiger partial charge in [0.15, 0.2) is 0 Å². The van der Waals surface area contributed by atoms with Crippen molar-refractivity contribution in [1.29, 1.82) is 0 Å². The van der Waals surface area contributed by atoms with E-state index in [9.17, 15) is 5.11 Å². The summed E-state index contributed by atoms with van der Waals surface area (Å²) in [5.41, 5.74) is -0.591. The van der Waals surface area contributed by atoms with Crippen LogP contribution in [0.4, 0.5) is 0 Å². The minimum atomic E-state index is -0.489. The fraction of sp³-hybridized carbons (Fsp3) is 1.00. The van der Waals surface area contributed by atoms with Crippen LogP contribution in [-0.4, -0.2) is 36.0 Å². The smallest absolute Gasteiger partial charge is 0.0771 e. The fourth-order valence-electron chi connectivity index (χ4n) is 3.06. The van der Waals surface area contributed by atoms with Crippen molar-refractivity contribution in [1.82, 2.24) is 5.32 Å². The van der Waals surface area contributed by atoms with Gasteiger partial charge in [-0.3, -0.25) is 0 Å². The molecule has 0 saturated heterocycles. The zero-order valence-electron chi connectivity index (χ0n) is 13.5. The van der Waals surface area contributed by atoms with E-state index in [1.54, 1.807) is 7.11 Å². The molecule has 1 rings (SSSR count). The van der Waals surface area contributed by atoms with Gasteiger partial charge in [-0.2, -0.15) is 0 Å². The van der Waals surface area contributed by atoms with Crippen LogP contribution in [-0.2, 0) is 4.74 Å². The molecule has 19 heavy (non-hydrogen) atoms. The SMILES string of the molecule is CCC1CCC(O)(CNC(C)CC(C)(C)OC)CC1. The van der Waals surface area contributed by atoms with Crippen molar-refractivity contribution >= 4 is 0 Å². The molecule has 0 aromatic heterocycles. The molecule has 0 aromatic carbocycles. The van der Waals surface area contributed by atoms with Gasteiger partial charge in [0.25, 0.3) is 0 Å². The monoisotopic (exact) mass is 271 g/mol. The van der Waals surface area contributed by atoms with Crippen molar-refractivity contribution < 1.29 is 9.84 Å². The van der Waals surface area contributed by atoms with Crippen molar-refractivity contribution in [3.8, 4) is 0 Å². The quantitative estimate of drug-likeness (QED) is 0.747. The van der Waals surface area contributed by atoms with E-state index in [1.165, 1.54) is 19.3 Å². The Balaban J connectivity index is 2.32. The van der Waals surface area contributed by atoms with Gasteiger partial charge in [-0.25, -0.2) is 0 Å². The van der Waals surface area contributed by atoms with Gasteiger partial charge in [0, 0.05) is 19.7 Å². The highest BCUT2D eigenvalue weighted by Gasteiger charge is 2.33. The summed E-state index contributed by atoms with van der Waals surface area (Å²) in [5, 5.41) is 14.1. The van der Waals surface area contributed by atoms with E-state index in [-0.39, 0.29) is 5.60 Å². The molecular weight excluding hydrogens is 238 g/mol. The molecule has 0 aromatic rings. The molecule has 0 bridgehead atoms. The lowest BCUT2D eigenvalue weighted by molar-refractivity contribution is -0.0180. The average molecular weight is 271 g/mol. The van der Waals surface area contributed by atoms with Crippen LogP contribution in [0.15, 0.2) is 0 Å². The van der Waals surface area contributed by atoms with Crippen LogP contribution in [0.1, 0.15) is 66.2 Å². The lowest BCUT2D eigenvalue weighted by Crippen LogP contribution is -2.47. The van der Waals surface area contributed by atoms with Crippen LogP contribution < -0.4 is 5.32 Å². The molecule has 0 radical (unpaired) electrons.